The molecule has 1 fully saturated rings. The van der Waals surface area contributed by atoms with Crippen molar-refractivity contribution in [2.45, 2.75) is 39.2 Å². The fraction of sp³-hybridized carbons (Fsp3) is 0.500. The van der Waals surface area contributed by atoms with Gasteiger partial charge in [0.15, 0.2) is 15.7 Å². The topological polar surface area (TPSA) is 88.1 Å². The van der Waals surface area contributed by atoms with Crippen LogP contribution >= 0.6 is 0 Å². The zero-order valence-electron chi connectivity index (χ0n) is 15.4. The van der Waals surface area contributed by atoms with E-state index in [1.807, 2.05) is 30.0 Å². The van der Waals surface area contributed by atoms with Gasteiger partial charge in [0.2, 0.25) is 5.95 Å². The number of nitrogens with zero attached hydrogens (tertiary/aromatic N) is 4. The molecule has 0 saturated carbocycles. The minimum Gasteiger partial charge on any atom is -0.351 e. The number of hydrogen-bond donors (Lipinski definition) is 1. The van der Waals surface area contributed by atoms with Crippen LogP contribution < -0.4 is 10.2 Å². The van der Waals surface area contributed by atoms with Crippen molar-refractivity contribution in [3.8, 4) is 0 Å². The minimum absolute atomic E-state index is 0.0579. The number of nitrogens with one attached hydrogen (secondary N) is 1. The minimum atomic E-state index is -2.95. The highest BCUT2D eigenvalue weighted by molar-refractivity contribution is 7.91. The smallest absolute Gasteiger partial charge is 0.249 e. The SMILES string of the molecule is CCN(c1cnnc(Nc2ccccc2C(C)C)n1)C1CCS(=O)(=O)C1. The van der Waals surface area contributed by atoms with Crippen LogP contribution in [-0.4, -0.2) is 47.7 Å². The molecule has 2 aromatic rings. The lowest BCUT2D eigenvalue weighted by molar-refractivity contribution is 0.599. The molecule has 0 radical (unpaired) electrons. The summed E-state index contributed by atoms with van der Waals surface area (Å²) in [4.78, 5) is 6.58. The molecule has 1 aromatic heterocycles. The lowest BCUT2D eigenvalue weighted by Crippen LogP contribution is -2.37. The predicted molar refractivity (Wildman–Crippen MR) is 104 cm³/mol. The first kappa shape index (κ1) is 18.6. The van der Waals surface area contributed by atoms with Crippen LogP contribution in [0.4, 0.5) is 17.5 Å². The quantitative estimate of drug-likeness (QED) is 0.830. The highest BCUT2D eigenvalue weighted by atomic mass is 32.2. The Kier molecular flexibility index (Phi) is 5.41. The molecule has 8 heteroatoms. The monoisotopic (exact) mass is 375 g/mol. The number of aromatic nitrogens is 3. The van der Waals surface area contributed by atoms with E-state index in [1.165, 1.54) is 5.56 Å². The van der Waals surface area contributed by atoms with Gasteiger partial charge in [-0.1, -0.05) is 32.0 Å². The van der Waals surface area contributed by atoms with Crippen molar-refractivity contribution in [2.24, 2.45) is 0 Å². The van der Waals surface area contributed by atoms with Gasteiger partial charge in [-0.25, -0.2) is 8.42 Å². The summed E-state index contributed by atoms with van der Waals surface area (Å²) in [5, 5.41) is 11.4. The van der Waals surface area contributed by atoms with Gasteiger partial charge >= 0.3 is 0 Å². The summed E-state index contributed by atoms with van der Waals surface area (Å²) in [6.07, 6.45) is 2.22. The summed E-state index contributed by atoms with van der Waals surface area (Å²) >= 11 is 0. The second-order valence-electron chi connectivity index (χ2n) is 6.85. The normalized spacial score (nSPS) is 18.8. The van der Waals surface area contributed by atoms with Crippen molar-refractivity contribution in [3.63, 3.8) is 0 Å². The Morgan fingerprint density at radius 2 is 2.08 bits per heavy atom. The van der Waals surface area contributed by atoms with Crippen molar-refractivity contribution >= 4 is 27.3 Å². The van der Waals surface area contributed by atoms with E-state index in [2.05, 4.69) is 40.4 Å². The van der Waals surface area contributed by atoms with E-state index < -0.39 is 9.84 Å². The van der Waals surface area contributed by atoms with Gasteiger partial charge in [-0.15, -0.1) is 5.10 Å². The highest BCUT2D eigenvalue weighted by Crippen LogP contribution is 2.27. The first-order valence-electron chi connectivity index (χ1n) is 8.92. The van der Waals surface area contributed by atoms with E-state index in [9.17, 15) is 8.42 Å². The molecule has 1 aromatic carbocycles. The standard InChI is InChI=1S/C18H25N5O2S/c1-4-23(14-9-10-26(24,25)12-14)17-11-19-22-18(21-17)20-16-8-6-5-7-15(16)13(2)3/h5-8,11,13-14H,4,9-10,12H2,1-3H3,(H,20,21,22). The van der Waals surface area contributed by atoms with Crippen LogP contribution in [0, 0.1) is 0 Å². The van der Waals surface area contributed by atoms with Crippen molar-refractivity contribution in [1.29, 1.82) is 0 Å². The first-order chi connectivity index (χ1) is 12.4. The van der Waals surface area contributed by atoms with Crippen molar-refractivity contribution < 1.29 is 8.42 Å². The van der Waals surface area contributed by atoms with E-state index in [1.54, 1.807) is 6.20 Å². The van der Waals surface area contributed by atoms with Crippen molar-refractivity contribution in [2.75, 3.05) is 28.3 Å². The number of hydrogen-bond acceptors (Lipinski definition) is 7. The lowest BCUT2D eigenvalue weighted by Gasteiger charge is -2.27. The number of benzene rings is 1. The van der Waals surface area contributed by atoms with Crippen LogP contribution in [0.3, 0.4) is 0 Å². The zero-order valence-corrected chi connectivity index (χ0v) is 16.2. The molecule has 7 nitrogen and oxygen atoms in total. The molecule has 1 saturated heterocycles. The van der Waals surface area contributed by atoms with Gasteiger partial charge in [0.05, 0.1) is 17.7 Å². The fourth-order valence-electron chi connectivity index (χ4n) is 3.35. The summed E-state index contributed by atoms with van der Waals surface area (Å²) in [7, 11) is -2.95. The molecular formula is C18H25N5O2S. The van der Waals surface area contributed by atoms with Crippen LogP contribution in [0.2, 0.25) is 0 Å². The highest BCUT2D eigenvalue weighted by Gasteiger charge is 2.32. The molecule has 2 heterocycles. The summed E-state index contributed by atoms with van der Waals surface area (Å²) in [5.41, 5.74) is 2.13. The molecule has 0 spiro atoms. The molecule has 0 bridgehead atoms. The summed E-state index contributed by atoms with van der Waals surface area (Å²) in [5.74, 6) is 1.83. The second-order valence-corrected chi connectivity index (χ2v) is 9.08. The molecule has 0 amide bonds. The Balaban J connectivity index is 1.84. The van der Waals surface area contributed by atoms with E-state index in [0.29, 0.717) is 30.6 Å². The Morgan fingerprint density at radius 1 is 1.31 bits per heavy atom. The number of rotatable bonds is 6. The Morgan fingerprint density at radius 3 is 2.73 bits per heavy atom. The van der Waals surface area contributed by atoms with Gasteiger partial charge < -0.3 is 10.2 Å². The summed E-state index contributed by atoms with van der Waals surface area (Å²) in [6, 6.07) is 7.98. The van der Waals surface area contributed by atoms with Gasteiger partial charge in [-0.05, 0) is 30.9 Å². The van der Waals surface area contributed by atoms with E-state index in [-0.39, 0.29) is 17.5 Å². The van der Waals surface area contributed by atoms with Crippen LogP contribution in [-0.2, 0) is 9.84 Å². The van der Waals surface area contributed by atoms with Crippen LogP contribution in [0.15, 0.2) is 30.5 Å². The number of para-hydroxylation sites is 1. The van der Waals surface area contributed by atoms with Crippen molar-refractivity contribution in [1.82, 2.24) is 15.2 Å². The number of sulfone groups is 1. The molecule has 1 atom stereocenters. The molecule has 26 heavy (non-hydrogen) atoms. The first-order valence-corrected chi connectivity index (χ1v) is 10.7. The molecule has 140 valence electrons. The van der Waals surface area contributed by atoms with Gasteiger partial charge in [0.1, 0.15) is 0 Å². The zero-order chi connectivity index (χ0) is 18.7. The van der Waals surface area contributed by atoms with Gasteiger partial charge in [-0.2, -0.15) is 10.1 Å². The largest absolute Gasteiger partial charge is 0.351 e. The third-order valence-electron chi connectivity index (χ3n) is 4.66. The lowest BCUT2D eigenvalue weighted by atomic mass is 10.0. The van der Waals surface area contributed by atoms with Crippen molar-refractivity contribution in [3.05, 3.63) is 36.0 Å². The Labute approximate surface area is 154 Å². The Hall–Kier alpha value is -2.22. The average Bonchev–Trinajstić information content (AvgIpc) is 2.96. The van der Waals surface area contributed by atoms with Crippen LogP contribution in [0.25, 0.3) is 0 Å². The maximum Gasteiger partial charge on any atom is 0.249 e. The maximum absolute atomic E-state index is 11.8. The molecule has 0 aliphatic carbocycles. The predicted octanol–water partition coefficient (Wildman–Crippen LogP) is 2.75. The fourth-order valence-corrected chi connectivity index (χ4v) is 5.08. The van der Waals surface area contributed by atoms with Crippen LogP contribution in [0.1, 0.15) is 38.7 Å². The average molecular weight is 375 g/mol. The number of anilines is 3. The molecule has 1 aliphatic heterocycles. The third kappa shape index (κ3) is 4.12. The molecule has 1 N–H and O–H groups in total. The maximum atomic E-state index is 11.8. The molecule has 1 aliphatic rings. The molecule has 1 unspecified atom stereocenters. The van der Waals surface area contributed by atoms with Gasteiger partial charge in [-0.3, -0.25) is 0 Å². The van der Waals surface area contributed by atoms with Gasteiger partial charge in [0.25, 0.3) is 0 Å². The molecule has 3 rings (SSSR count). The van der Waals surface area contributed by atoms with E-state index >= 15 is 0 Å². The van der Waals surface area contributed by atoms with Gasteiger partial charge in [0, 0.05) is 18.3 Å². The van der Waals surface area contributed by atoms with E-state index in [0.717, 1.165) is 5.69 Å². The Bertz CT molecular complexity index is 869. The summed E-state index contributed by atoms with van der Waals surface area (Å²) in [6.45, 7) is 6.93. The van der Waals surface area contributed by atoms with Crippen LogP contribution in [0.5, 0.6) is 0 Å². The van der Waals surface area contributed by atoms with E-state index in [4.69, 9.17) is 0 Å². The third-order valence-corrected chi connectivity index (χ3v) is 6.41. The second kappa shape index (κ2) is 7.57. The molecular weight excluding hydrogens is 350 g/mol. The summed E-state index contributed by atoms with van der Waals surface area (Å²) < 4.78 is 23.6.